The zero-order chi connectivity index (χ0) is 12.4. The summed E-state index contributed by atoms with van der Waals surface area (Å²) in [7, 11) is -3.12. The van der Waals surface area contributed by atoms with Crippen LogP contribution in [0.15, 0.2) is 0 Å². The van der Waals surface area contributed by atoms with Crippen LogP contribution >= 0.6 is 0 Å². The van der Waals surface area contributed by atoms with E-state index < -0.39 is 10.0 Å². The summed E-state index contributed by atoms with van der Waals surface area (Å²) in [6, 6.07) is 0.0413. The maximum Gasteiger partial charge on any atom is 0.211 e. The van der Waals surface area contributed by atoms with E-state index in [-0.39, 0.29) is 11.8 Å². The van der Waals surface area contributed by atoms with Gasteiger partial charge in [0, 0.05) is 6.04 Å². The summed E-state index contributed by atoms with van der Waals surface area (Å²) in [6.45, 7) is 4.51. The zero-order valence-corrected chi connectivity index (χ0v) is 11.4. The highest BCUT2D eigenvalue weighted by molar-refractivity contribution is 7.89. The smallest absolute Gasteiger partial charge is 0.211 e. The van der Waals surface area contributed by atoms with Gasteiger partial charge < -0.3 is 5.73 Å². The lowest BCUT2D eigenvalue weighted by Gasteiger charge is -2.13. The minimum absolute atomic E-state index is 0.0413. The highest BCUT2D eigenvalue weighted by Crippen LogP contribution is 2.06. The molecule has 5 heteroatoms. The normalized spacial score (nSPS) is 13.9. The Morgan fingerprint density at radius 1 is 1.19 bits per heavy atom. The molecule has 0 bridgehead atoms. The summed E-state index contributed by atoms with van der Waals surface area (Å²) in [5.41, 5.74) is 5.29. The SMILES string of the molecule is CCCCCCC(C)NS(=O)(=O)CCCN. The van der Waals surface area contributed by atoms with Crippen molar-refractivity contribution in [3.05, 3.63) is 0 Å². The van der Waals surface area contributed by atoms with E-state index in [1.807, 2.05) is 6.92 Å². The van der Waals surface area contributed by atoms with Gasteiger partial charge in [-0.15, -0.1) is 0 Å². The third-order valence-corrected chi connectivity index (χ3v) is 4.08. The molecule has 0 heterocycles. The van der Waals surface area contributed by atoms with Crippen molar-refractivity contribution in [1.82, 2.24) is 4.72 Å². The van der Waals surface area contributed by atoms with Gasteiger partial charge in [0.1, 0.15) is 0 Å². The molecule has 0 saturated heterocycles. The Labute approximate surface area is 100 Å². The predicted octanol–water partition coefficient (Wildman–Crippen LogP) is 1.61. The summed E-state index contributed by atoms with van der Waals surface area (Å²) in [5, 5.41) is 0. The van der Waals surface area contributed by atoms with Crippen LogP contribution in [0.2, 0.25) is 0 Å². The lowest BCUT2D eigenvalue weighted by atomic mass is 10.1. The molecular formula is C11H26N2O2S. The first-order valence-corrected chi connectivity index (χ1v) is 7.87. The minimum Gasteiger partial charge on any atom is -0.330 e. The van der Waals surface area contributed by atoms with Gasteiger partial charge in [-0.2, -0.15) is 0 Å². The average molecular weight is 250 g/mol. The van der Waals surface area contributed by atoms with E-state index in [1.54, 1.807) is 0 Å². The first-order chi connectivity index (χ1) is 7.52. The number of nitrogens with two attached hydrogens (primary N) is 1. The van der Waals surface area contributed by atoms with Crippen LogP contribution in [0.1, 0.15) is 52.4 Å². The summed E-state index contributed by atoms with van der Waals surface area (Å²) in [6.07, 6.45) is 6.16. The van der Waals surface area contributed by atoms with Gasteiger partial charge >= 0.3 is 0 Å². The number of rotatable bonds is 10. The van der Waals surface area contributed by atoms with Crippen LogP contribution in [0, 0.1) is 0 Å². The number of sulfonamides is 1. The maximum atomic E-state index is 11.5. The van der Waals surface area contributed by atoms with Gasteiger partial charge in [-0.25, -0.2) is 13.1 Å². The second kappa shape index (κ2) is 8.96. The van der Waals surface area contributed by atoms with Gasteiger partial charge in [0.2, 0.25) is 10.0 Å². The molecule has 16 heavy (non-hydrogen) atoms. The molecule has 98 valence electrons. The van der Waals surface area contributed by atoms with E-state index in [1.165, 1.54) is 19.3 Å². The van der Waals surface area contributed by atoms with Crippen molar-refractivity contribution in [2.45, 2.75) is 58.4 Å². The van der Waals surface area contributed by atoms with E-state index in [9.17, 15) is 8.42 Å². The van der Waals surface area contributed by atoms with Crippen molar-refractivity contribution >= 4 is 10.0 Å². The van der Waals surface area contributed by atoms with E-state index in [2.05, 4.69) is 11.6 Å². The Morgan fingerprint density at radius 2 is 1.88 bits per heavy atom. The Hall–Kier alpha value is -0.130. The van der Waals surface area contributed by atoms with Crippen LogP contribution in [0.25, 0.3) is 0 Å². The van der Waals surface area contributed by atoms with Gasteiger partial charge in [-0.1, -0.05) is 32.6 Å². The van der Waals surface area contributed by atoms with Gasteiger partial charge in [0.25, 0.3) is 0 Å². The van der Waals surface area contributed by atoms with E-state index >= 15 is 0 Å². The minimum atomic E-state index is -3.12. The monoisotopic (exact) mass is 250 g/mol. The second-order valence-electron chi connectivity index (χ2n) is 4.33. The number of nitrogens with one attached hydrogen (secondary N) is 1. The second-order valence-corrected chi connectivity index (χ2v) is 6.20. The number of hydrogen-bond donors (Lipinski definition) is 2. The number of unbranched alkanes of at least 4 members (excludes halogenated alkanes) is 3. The highest BCUT2D eigenvalue weighted by atomic mass is 32.2. The molecule has 3 N–H and O–H groups in total. The van der Waals surface area contributed by atoms with Crippen LogP contribution < -0.4 is 10.5 Å². The summed E-state index contributed by atoms with van der Waals surface area (Å²) in [5.74, 6) is 0.142. The van der Waals surface area contributed by atoms with E-state index in [4.69, 9.17) is 5.73 Å². The van der Waals surface area contributed by atoms with Crippen LogP contribution in [-0.4, -0.2) is 26.8 Å². The highest BCUT2D eigenvalue weighted by Gasteiger charge is 2.13. The molecule has 0 fully saturated rings. The van der Waals surface area contributed by atoms with Crippen LogP contribution in [0.4, 0.5) is 0 Å². The molecule has 1 atom stereocenters. The van der Waals surface area contributed by atoms with Crippen LogP contribution in [0.5, 0.6) is 0 Å². The fourth-order valence-electron chi connectivity index (χ4n) is 1.58. The van der Waals surface area contributed by atoms with Crippen molar-refractivity contribution in [3.63, 3.8) is 0 Å². The summed E-state index contributed by atoms with van der Waals surface area (Å²) in [4.78, 5) is 0. The fourth-order valence-corrected chi connectivity index (χ4v) is 2.97. The first kappa shape index (κ1) is 15.9. The summed E-state index contributed by atoms with van der Waals surface area (Å²) < 4.78 is 25.7. The molecule has 0 saturated carbocycles. The van der Waals surface area contributed by atoms with Crippen molar-refractivity contribution in [2.75, 3.05) is 12.3 Å². The molecular weight excluding hydrogens is 224 g/mol. The predicted molar refractivity (Wildman–Crippen MR) is 68.8 cm³/mol. The lowest BCUT2D eigenvalue weighted by molar-refractivity contribution is 0.521. The number of hydrogen-bond acceptors (Lipinski definition) is 3. The van der Waals surface area contributed by atoms with Gasteiger partial charge in [0.15, 0.2) is 0 Å². The molecule has 0 aromatic heterocycles. The molecule has 4 nitrogen and oxygen atoms in total. The average Bonchev–Trinajstić information content (AvgIpc) is 2.21. The van der Waals surface area contributed by atoms with E-state index in [0.717, 1.165) is 12.8 Å². The summed E-state index contributed by atoms with van der Waals surface area (Å²) >= 11 is 0. The Kier molecular flexibility index (Phi) is 8.89. The molecule has 0 aromatic carbocycles. The molecule has 0 aliphatic heterocycles. The van der Waals surface area contributed by atoms with Crippen LogP contribution in [-0.2, 0) is 10.0 Å². The fraction of sp³-hybridized carbons (Fsp3) is 1.00. The van der Waals surface area contributed by atoms with Crippen LogP contribution in [0.3, 0.4) is 0 Å². The molecule has 0 spiro atoms. The van der Waals surface area contributed by atoms with Gasteiger partial charge in [0.05, 0.1) is 5.75 Å². The lowest BCUT2D eigenvalue weighted by Crippen LogP contribution is -2.34. The largest absolute Gasteiger partial charge is 0.330 e. The van der Waals surface area contributed by atoms with Gasteiger partial charge in [-0.3, -0.25) is 0 Å². The quantitative estimate of drug-likeness (QED) is 0.579. The molecule has 0 radical (unpaired) electrons. The molecule has 0 aromatic rings. The third-order valence-electron chi connectivity index (χ3n) is 2.49. The molecule has 1 unspecified atom stereocenters. The Morgan fingerprint density at radius 3 is 2.44 bits per heavy atom. The van der Waals surface area contributed by atoms with Crippen molar-refractivity contribution in [2.24, 2.45) is 5.73 Å². The molecule has 0 amide bonds. The zero-order valence-electron chi connectivity index (χ0n) is 10.5. The topological polar surface area (TPSA) is 72.2 Å². The van der Waals surface area contributed by atoms with Gasteiger partial charge in [-0.05, 0) is 26.3 Å². The molecule has 0 aliphatic rings. The standard InChI is InChI=1S/C11H26N2O2S/c1-3-4-5-6-8-11(2)13-16(14,15)10-7-9-12/h11,13H,3-10,12H2,1-2H3. The molecule has 0 aliphatic carbocycles. The maximum absolute atomic E-state index is 11.5. The first-order valence-electron chi connectivity index (χ1n) is 6.22. The Bertz CT molecular complexity index is 253. The third kappa shape index (κ3) is 9.12. The Balaban J connectivity index is 3.72. The molecule has 0 rings (SSSR count). The van der Waals surface area contributed by atoms with Crippen molar-refractivity contribution in [1.29, 1.82) is 0 Å². The van der Waals surface area contributed by atoms with Crippen molar-refractivity contribution < 1.29 is 8.42 Å². The van der Waals surface area contributed by atoms with E-state index in [0.29, 0.717) is 13.0 Å². The van der Waals surface area contributed by atoms with Crippen molar-refractivity contribution in [3.8, 4) is 0 Å².